The van der Waals surface area contributed by atoms with Gasteiger partial charge in [-0.25, -0.2) is 0 Å². The Kier molecular flexibility index (Phi) is 7.53. The SMILES string of the molecule is CC.CC(=N)c1cc(C(=O)NC(c2ccccn2)C2CCCC2)ccc1N. The van der Waals surface area contributed by atoms with Crippen molar-refractivity contribution in [3.63, 3.8) is 0 Å². The van der Waals surface area contributed by atoms with Crippen LogP contribution in [0.2, 0.25) is 0 Å². The zero-order valence-corrected chi connectivity index (χ0v) is 16.5. The van der Waals surface area contributed by atoms with Crippen LogP contribution in [-0.4, -0.2) is 16.6 Å². The predicted molar refractivity (Wildman–Crippen MR) is 111 cm³/mol. The number of benzene rings is 1. The molecule has 1 aromatic carbocycles. The molecule has 0 spiro atoms. The fraction of sp³-hybridized carbons (Fsp3) is 0.409. The van der Waals surface area contributed by atoms with Crippen LogP contribution in [0.15, 0.2) is 42.6 Å². The lowest BCUT2D eigenvalue weighted by Crippen LogP contribution is -2.33. The van der Waals surface area contributed by atoms with Gasteiger partial charge >= 0.3 is 0 Å². The van der Waals surface area contributed by atoms with E-state index in [0.717, 1.165) is 18.5 Å². The third-order valence-electron chi connectivity index (χ3n) is 4.88. The summed E-state index contributed by atoms with van der Waals surface area (Å²) in [5.41, 5.74) is 8.79. The molecule has 1 atom stereocenters. The van der Waals surface area contributed by atoms with Gasteiger partial charge < -0.3 is 16.5 Å². The van der Waals surface area contributed by atoms with Gasteiger partial charge in [0.25, 0.3) is 5.91 Å². The molecule has 0 bridgehead atoms. The molecule has 5 nitrogen and oxygen atoms in total. The van der Waals surface area contributed by atoms with Gasteiger partial charge in [0, 0.05) is 28.7 Å². The number of aromatic nitrogens is 1. The summed E-state index contributed by atoms with van der Waals surface area (Å²) in [4.78, 5) is 17.3. The fourth-order valence-electron chi connectivity index (χ4n) is 3.53. The van der Waals surface area contributed by atoms with Gasteiger partial charge in [0.05, 0.1) is 11.7 Å². The Hall–Kier alpha value is -2.69. The Morgan fingerprint density at radius 3 is 2.52 bits per heavy atom. The number of nitrogens with one attached hydrogen (secondary N) is 2. The van der Waals surface area contributed by atoms with E-state index in [-0.39, 0.29) is 11.9 Å². The maximum Gasteiger partial charge on any atom is 0.251 e. The van der Waals surface area contributed by atoms with Crippen LogP contribution in [0.5, 0.6) is 0 Å². The summed E-state index contributed by atoms with van der Waals surface area (Å²) in [7, 11) is 0. The summed E-state index contributed by atoms with van der Waals surface area (Å²) in [6, 6.07) is 10.8. The minimum absolute atomic E-state index is 0.0849. The molecule has 1 fully saturated rings. The number of anilines is 1. The second-order valence-electron chi connectivity index (χ2n) is 6.68. The summed E-state index contributed by atoms with van der Waals surface area (Å²) in [6.07, 6.45) is 6.37. The van der Waals surface area contributed by atoms with E-state index in [4.69, 9.17) is 11.1 Å². The number of amides is 1. The Labute approximate surface area is 161 Å². The van der Waals surface area contributed by atoms with Crippen molar-refractivity contribution in [3.05, 3.63) is 59.4 Å². The number of pyridine rings is 1. The van der Waals surface area contributed by atoms with Gasteiger partial charge in [-0.15, -0.1) is 0 Å². The van der Waals surface area contributed by atoms with E-state index < -0.39 is 0 Å². The van der Waals surface area contributed by atoms with Crippen molar-refractivity contribution < 1.29 is 4.79 Å². The average molecular weight is 367 g/mol. The van der Waals surface area contributed by atoms with Gasteiger partial charge in [-0.05, 0) is 56.0 Å². The van der Waals surface area contributed by atoms with Crippen molar-refractivity contribution in [1.82, 2.24) is 10.3 Å². The number of nitrogens with two attached hydrogens (primary N) is 1. The zero-order chi connectivity index (χ0) is 19.8. The summed E-state index contributed by atoms with van der Waals surface area (Å²) < 4.78 is 0. The maximum absolute atomic E-state index is 12.8. The van der Waals surface area contributed by atoms with Gasteiger partial charge in [-0.1, -0.05) is 32.8 Å². The molecule has 3 rings (SSSR count). The molecule has 1 heterocycles. The second-order valence-corrected chi connectivity index (χ2v) is 6.68. The molecule has 0 saturated heterocycles. The highest BCUT2D eigenvalue weighted by Crippen LogP contribution is 2.35. The number of carbonyl (C=O) groups is 1. The molecule has 4 N–H and O–H groups in total. The van der Waals surface area contributed by atoms with E-state index in [0.29, 0.717) is 28.4 Å². The molecule has 1 aromatic heterocycles. The van der Waals surface area contributed by atoms with Gasteiger partial charge in [-0.2, -0.15) is 0 Å². The molecule has 5 heteroatoms. The molecule has 1 saturated carbocycles. The summed E-state index contributed by atoms with van der Waals surface area (Å²) in [5, 5.41) is 11.0. The van der Waals surface area contributed by atoms with Gasteiger partial charge in [0.15, 0.2) is 0 Å². The highest BCUT2D eigenvalue weighted by molar-refractivity contribution is 6.04. The van der Waals surface area contributed by atoms with Crippen molar-refractivity contribution in [2.75, 3.05) is 5.73 Å². The molecule has 0 aliphatic heterocycles. The Morgan fingerprint density at radius 2 is 1.93 bits per heavy atom. The van der Waals surface area contributed by atoms with E-state index in [1.165, 1.54) is 12.8 Å². The molecule has 144 valence electrons. The number of nitrogen functional groups attached to an aromatic ring is 1. The molecule has 27 heavy (non-hydrogen) atoms. The van der Waals surface area contributed by atoms with Crippen LogP contribution >= 0.6 is 0 Å². The van der Waals surface area contributed by atoms with Crippen LogP contribution in [0.25, 0.3) is 0 Å². The molecule has 1 amide bonds. The average Bonchev–Trinajstić information content (AvgIpc) is 3.22. The first-order valence-corrected chi connectivity index (χ1v) is 9.73. The monoisotopic (exact) mass is 366 g/mol. The van der Waals surface area contributed by atoms with Crippen LogP contribution in [0.1, 0.15) is 74.1 Å². The summed E-state index contributed by atoms with van der Waals surface area (Å²) in [5.74, 6) is 0.265. The van der Waals surface area contributed by atoms with Crippen LogP contribution in [0.3, 0.4) is 0 Å². The fourth-order valence-corrected chi connectivity index (χ4v) is 3.53. The number of rotatable bonds is 5. The minimum Gasteiger partial charge on any atom is -0.398 e. The van der Waals surface area contributed by atoms with Crippen LogP contribution in [-0.2, 0) is 0 Å². The predicted octanol–water partition coefficient (Wildman–Crippen LogP) is 4.74. The van der Waals surface area contributed by atoms with Gasteiger partial charge in [-0.3, -0.25) is 9.78 Å². The Morgan fingerprint density at radius 1 is 1.22 bits per heavy atom. The van der Waals surface area contributed by atoms with Gasteiger partial charge in [0.1, 0.15) is 0 Å². The molecular formula is C22H30N4O. The van der Waals surface area contributed by atoms with E-state index >= 15 is 0 Å². The van der Waals surface area contributed by atoms with E-state index in [2.05, 4.69) is 10.3 Å². The minimum atomic E-state index is -0.148. The molecule has 2 aromatic rings. The highest BCUT2D eigenvalue weighted by atomic mass is 16.1. The lowest BCUT2D eigenvalue weighted by molar-refractivity contribution is 0.0920. The molecular weight excluding hydrogens is 336 g/mol. The molecule has 1 aliphatic carbocycles. The standard InChI is InChI=1S/C20H24N4O.C2H6/c1-13(21)16-12-15(9-10-17(16)22)20(25)24-19(14-6-2-3-7-14)18-8-4-5-11-23-18;1-2/h4-5,8-12,14,19,21H,2-3,6-7,22H2,1H3,(H,24,25);1-2H3. The lowest BCUT2D eigenvalue weighted by atomic mass is 9.94. The van der Waals surface area contributed by atoms with Crippen molar-refractivity contribution in [3.8, 4) is 0 Å². The Bertz CT molecular complexity index is 767. The summed E-state index contributed by atoms with van der Waals surface area (Å²) in [6.45, 7) is 5.67. The number of nitrogens with zero attached hydrogens (tertiary/aromatic N) is 1. The van der Waals surface area contributed by atoms with Crippen LogP contribution in [0, 0.1) is 11.3 Å². The second kappa shape index (κ2) is 9.86. The highest BCUT2D eigenvalue weighted by Gasteiger charge is 2.29. The normalized spacial score (nSPS) is 14.8. The largest absolute Gasteiger partial charge is 0.398 e. The third-order valence-corrected chi connectivity index (χ3v) is 4.88. The van der Waals surface area contributed by atoms with Crippen molar-refractivity contribution in [2.24, 2.45) is 5.92 Å². The molecule has 0 radical (unpaired) electrons. The first kappa shape index (κ1) is 20.6. The zero-order valence-electron chi connectivity index (χ0n) is 16.5. The molecule has 1 aliphatic rings. The lowest BCUT2D eigenvalue weighted by Gasteiger charge is -2.24. The van der Waals surface area contributed by atoms with Crippen LogP contribution < -0.4 is 11.1 Å². The number of hydrogen-bond donors (Lipinski definition) is 3. The van der Waals surface area contributed by atoms with Gasteiger partial charge in [0.2, 0.25) is 0 Å². The maximum atomic E-state index is 12.8. The first-order chi connectivity index (χ1) is 13.1. The Balaban J connectivity index is 0.00000126. The van der Waals surface area contributed by atoms with Crippen molar-refractivity contribution in [1.29, 1.82) is 5.41 Å². The smallest absolute Gasteiger partial charge is 0.251 e. The van der Waals surface area contributed by atoms with E-state index in [9.17, 15) is 4.79 Å². The molecule has 1 unspecified atom stereocenters. The third kappa shape index (κ3) is 5.16. The number of carbonyl (C=O) groups excluding carboxylic acids is 1. The van der Waals surface area contributed by atoms with E-state index in [1.54, 1.807) is 31.3 Å². The van der Waals surface area contributed by atoms with Crippen molar-refractivity contribution >= 4 is 17.3 Å². The van der Waals surface area contributed by atoms with Crippen molar-refractivity contribution in [2.45, 2.75) is 52.5 Å². The van der Waals surface area contributed by atoms with E-state index in [1.807, 2.05) is 32.0 Å². The number of hydrogen-bond acceptors (Lipinski definition) is 4. The summed E-state index contributed by atoms with van der Waals surface area (Å²) >= 11 is 0. The quantitative estimate of drug-likeness (QED) is 0.527. The topological polar surface area (TPSA) is 91.9 Å². The van der Waals surface area contributed by atoms with Crippen LogP contribution in [0.4, 0.5) is 5.69 Å². The first-order valence-electron chi connectivity index (χ1n) is 9.73.